The van der Waals surface area contributed by atoms with Crippen molar-refractivity contribution in [2.24, 2.45) is 0 Å². The molecule has 0 saturated heterocycles. The Morgan fingerprint density at radius 3 is 2.62 bits per heavy atom. The third-order valence-corrected chi connectivity index (χ3v) is 4.30. The number of halogens is 1. The summed E-state index contributed by atoms with van der Waals surface area (Å²) in [6.07, 6.45) is -2.62. The number of nitrogen functional groups attached to an aromatic ring is 1. The van der Waals surface area contributed by atoms with Crippen molar-refractivity contribution in [3.8, 4) is 0 Å². The van der Waals surface area contributed by atoms with Gasteiger partial charge in [0.15, 0.2) is 0 Å². The Kier molecular flexibility index (Phi) is 7.26. The molecule has 0 aliphatic carbocycles. The normalized spacial score (nSPS) is 13.1. The molecule has 2 rings (SSSR count). The van der Waals surface area contributed by atoms with Gasteiger partial charge in [-0.2, -0.15) is 0 Å². The molecule has 0 spiro atoms. The number of ether oxygens (including phenoxy) is 1. The van der Waals surface area contributed by atoms with Gasteiger partial charge in [0.05, 0.1) is 16.8 Å². The zero-order chi connectivity index (χ0) is 19.1. The van der Waals surface area contributed by atoms with Crippen molar-refractivity contribution < 1.29 is 19.7 Å². The molecule has 26 heavy (non-hydrogen) atoms. The molecule has 5 N–H and O–H groups in total. The minimum Gasteiger partial charge on any atom is -0.445 e. The number of benzene rings is 2. The monoisotopic (exact) mass is 378 g/mol. The van der Waals surface area contributed by atoms with Crippen LogP contribution in [-0.4, -0.2) is 29.0 Å². The number of rotatable bonds is 7. The van der Waals surface area contributed by atoms with E-state index in [1.165, 1.54) is 6.07 Å². The minimum atomic E-state index is -1.13. The zero-order valence-corrected chi connectivity index (χ0v) is 15.2. The van der Waals surface area contributed by atoms with Crippen molar-refractivity contribution >= 4 is 23.4 Å². The lowest BCUT2D eigenvalue weighted by Gasteiger charge is -2.19. The van der Waals surface area contributed by atoms with Crippen molar-refractivity contribution in [2.75, 3.05) is 12.3 Å². The molecular formula is C19H23ClN2O4. The van der Waals surface area contributed by atoms with E-state index in [0.29, 0.717) is 16.3 Å². The van der Waals surface area contributed by atoms with Gasteiger partial charge >= 0.3 is 6.09 Å². The van der Waals surface area contributed by atoms with Crippen molar-refractivity contribution in [1.82, 2.24) is 5.32 Å². The summed E-state index contributed by atoms with van der Waals surface area (Å²) in [5.41, 5.74) is 8.30. The number of aliphatic hydroxyl groups excluding tert-OH is 2. The van der Waals surface area contributed by atoms with E-state index >= 15 is 0 Å². The summed E-state index contributed by atoms with van der Waals surface area (Å²) in [6.45, 7) is 2.10. The van der Waals surface area contributed by atoms with Crippen molar-refractivity contribution in [2.45, 2.75) is 32.2 Å². The maximum absolute atomic E-state index is 11.7. The number of aryl methyl sites for hydroxylation is 1. The van der Waals surface area contributed by atoms with E-state index in [1.54, 1.807) is 13.0 Å². The first kappa shape index (κ1) is 20.0. The molecule has 6 nitrogen and oxygen atoms in total. The Hall–Kier alpha value is -2.28. The van der Waals surface area contributed by atoms with Gasteiger partial charge in [-0.25, -0.2) is 4.79 Å². The number of anilines is 1. The number of alkyl carbamates (subject to hydrolysis) is 1. The van der Waals surface area contributed by atoms with Crippen LogP contribution in [0.2, 0.25) is 5.02 Å². The molecule has 7 heteroatoms. The van der Waals surface area contributed by atoms with Gasteiger partial charge in [0.1, 0.15) is 12.7 Å². The summed E-state index contributed by atoms with van der Waals surface area (Å²) in [5, 5.41) is 23.3. The highest BCUT2D eigenvalue weighted by Gasteiger charge is 2.20. The summed E-state index contributed by atoms with van der Waals surface area (Å²) < 4.78 is 5.07. The van der Waals surface area contributed by atoms with Crippen molar-refractivity contribution in [3.63, 3.8) is 0 Å². The highest BCUT2D eigenvalue weighted by atomic mass is 35.5. The number of aliphatic hydroxyl groups is 2. The predicted octanol–water partition coefficient (Wildman–Crippen LogP) is 2.94. The molecule has 0 heterocycles. The standard InChI is InChI=1S/C19H23ClN2O4/c1-12-9-14(10-15(20)17(12)21)18(24)16(23)7-8-22-19(25)26-11-13-5-3-2-4-6-13/h2-6,9-10,16,18,23-24H,7-8,11,21H2,1H3,(H,22,25). The van der Waals surface area contributed by atoms with E-state index in [4.69, 9.17) is 22.1 Å². The van der Waals surface area contributed by atoms with Crippen LogP contribution in [0.3, 0.4) is 0 Å². The first-order chi connectivity index (χ1) is 12.4. The SMILES string of the molecule is Cc1cc(C(O)C(O)CCNC(=O)OCc2ccccc2)cc(Cl)c1N. The van der Waals surface area contributed by atoms with Crippen LogP contribution >= 0.6 is 11.6 Å². The maximum atomic E-state index is 11.7. The fourth-order valence-corrected chi connectivity index (χ4v) is 2.70. The molecule has 0 radical (unpaired) electrons. The lowest BCUT2D eigenvalue weighted by molar-refractivity contribution is 0.0136. The van der Waals surface area contributed by atoms with E-state index in [-0.39, 0.29) is 19.6 Å². The Labute approximate surface area is 157 Å². The number of nitrogens with two attached hydrogens (primary N) is 1. The lowest BCUT2D eigenvalue weighted by atomic mass is 9.99. The predicted molar refractivity (Wildman–Crippen MR) is 101 cm³/mol. The van der Waals surface area contributed by atoms with E-state index in [2.05, 4.69) is 5.32 Å². The first-order valence-electron chi connectivity index (χ1n) is 8.24. The number of carbonyl (C=O) groups is 1. The van der Waals surface area contributed by atoms with E-state index in [1.807, 2.05) is 30.3 Å². The van der Waals surface area contributed by atoms with Crippen LogP contribution in [0.15, 0.2) is 42.5 Å². The molecule has 0 aromatic heterocycles. The molecule has 140 valence electrons. The first-order valence-corrected chi connectivity index (χ1v) is 8.62. The average Bonchev–Trinajstić information content (AvgIpc) is 2.64. The zero-order valence-electron chi connectivity index (χ0n) is 14.5. The van der Waals surface area contributed by atoms with E-state index in [0.717, 1.165) is 11.1 Å². The third-order valence-electron chi connectivity index (χ3n) is 3.99. The third kappa shape index (κ3) is 5.62. The van der Waals surface area contributed by atoms with Gasteiger partial charge in [-0.15, -0.1) is 0 Å². The number of amides is 1. The smallest absolute Gasteiger partial charge is 0.407 e. The van der Waals surface area contributed by atoms with Crippen LogP contribution in [0.5, 0.6) is 0 Å². The molecule has 0 saturated carbocycles. The van der Waals surface area contributed by atoms with Crippen LogP contribution in [0.1, 0.15) is 29.2 Å². The number of carbonyl (C=O) groups excluding carboxylic acids is 1. The molecule has 1 amide bonds. The fraction of sp³-hybridized carbons (Fsp3) is 0.316. The van der Waals surface area contributed by atoms with Crippen molar-refractivity contribution in [1.29, 1.82) is 0 Å². The molecule has 0 bridgehead atoms. The molecule has 0 aliphatic heterocycles. The molecule has 2 atom stereocenters. The minimum absolute atomic E-state index is 0.155. The molecule has 0 fully saturated rings. The van der Waals surface area contributed by atoms with Gasteiger partial charge in [-0.3, -0.25) is 0 Å². The van der Waals surface area contributed by atoms with Crippen LogP contribution in [0, 0.1) is 6.92 Å². The van der Waals surface area contributed by atoms with Gasteiger partial charge < -0.3 is 26.0 Å². The Bertz CT molecular complexity index is 717. The van der Waals surface area contributed by atoms with Gasteiger partial charge in [-0.1, -0.05) is 48.0 Å². The summed E-state index contributed by atoms with van der Waals surface area (Å²) in [5.74, 6) is 0. The van der Waals surface area contributed by atoms with Crippen LogP contribution in [-0.2, 0) is 11.3 Å². The topological polar surface area (TPSA) is 105 Å². The van der Waals surface area contributed by atoms with Crippen molar-refractivity contribution in [3.05, 3.63) is 64.2 Å². The second-order valence-corrected chi connectivity index (χ2v) is 6.43. The number of nitrogens with one attached hydrogen (secondary N) is 1. The Balaban J connectivity index is 1.77. The molecular weight excluding hydrogens is 356 g/mol. The second kappa shape index (κ2) is 9.43. The fourth-order valence-electron chi connectivity index (χ4n) is 2.43. The Morgan fingerprint density at radius 2 is 1.96 bits per heavy atom. The second-order valence-electron chi connectivity index (χ2n) is 6.02. The van der Waals surface area contributed by atoms with Gasteiger partial charge in [0, 0.05) is 6.54 Å². The summed E-state index contributed by atoms with van der Waals surface area (Å²) in [6, 6.07) is 12.5. The lowest BCUT2D eigenvalue weighted by Crippen LogP contribution is -2.29. The van der Waals surface area contributed by atoms with Gasteiger partial charge in [-0.05, 0) is 36.1 Å². The number of hydrogen-bond acceptors (Lipinski definition) is 5. The molecule has 2 aromatic carbocycles. The van der Waals surface area contributed by atoms with E-state index < -0.39 is 18.3 Å². The molecule has 0 aliphatic rings. The van der Waals surface area contributed by atoms with Gasteiger partial charge in [0.25, 0.3) is 0 Å². The van der Waals surface area contributed by atoms with E-state index in [9.17, 15) is 15.0 Å². The van der Waals surface area contributed by atoms with Crippen LogP contribution in [0.25, 0.3) is 0 Å². The summed E-state index contributed by atoms with van der Waals surface area (Å²) in [4.78, 5) is 11.7. The summed E-state index contributed by atoms with van der Waals surface area (Å²) in [7, 11) is 0. The highest BCUT2D eigenvalue weighted by Crippen LogP contribution is 2.29. The largest absolute Gasteiger partial charge is 0.445 e. The van der Waals surface area contributed by atoms with Gasteiger partial charge in [0.2, 0.25) is 0 Å². The number of hydrogen-bond donors (Lipinski definition) is 4. The maximum Gasteiger partial charge on any atom is 0.407 e. The Morgan fingerprint density at radius 1 is 1.27 bits per heavy atom. The highest BCUT2D eigenvalue weighted by molar-refractivity contribution is 6.33. The van der Waals surface area contributed by atoms with Crippen LogP contribution in [0.4, 0.5) is 10.5 Å². The quantitative estimate of drug-likeness (QED) is 0.554. The summed E-state index contributed by atoms with van der Waals surface area (Å²) >= 11 is 6.01. The van der Waals surface area contributed by atoms with Crippen LogP contribution < -0.4 is 11.1 Å². The average molecular weight is 379 g/mol. The molecule has 2 unspecified atom stereocenters. The molecule has 2 aromatic rings.